The molecule has 0 aromatic heterocycles. The number of anilines is 1. The molecule has 0 heterocycles. The lowest BCUT2D eigenvalue weighted by Gasteiger charge is -2.47. The summed E-state index contributed by atoms with van der Waals surface area (Å²) in [6, 6.07) is 14.3. The second-order valence-corrected chi connectivity index (χ2v) is 16.6. The first kappa shape index (κ1) is 33.3. The van der Waals surface area contributed by atoms with Gasteiger partial charge >= 0.3 is 0 Å². The van der Waals surface area contributed by atoms with Gasteiger partial charge in [-0.05, 0) is 151 Å². The molecule has 2 saturated carbocycles. The summed E-state index contributed by atoms with van der Waals surface area (Å²) in [5.74, 6) is 3.13. The van der Waals surface area contributed by atoms with Gasteiger partial charge in [0.1, 0.15) is 0 Å². The van der Waals surface area contributed by atoms with E-state index in [1.807, 2.05) is 0 Å². The van der Waals surface area contributed by atoms with Crippen LogP contribution in [0.1, 0.15) is 116 Å². The summed E-state index contributed by atoms with van der Waals surface area (Å²) in [5.41, 5.74) is 4.87. The minimum atomic E-state index is 0.438. The maximum absolute atomic E-state index is 2.98. The van der Waals surface area contributed by atoms with E-state index in [-0.39, 0.29) is 0 Å². The fourth-order valence-corrected chi connectivity index (χ4v) is 11.2. The van der Waals surface area contributed by atoms with Gasteiger partial charge in [0.05, 0.1) is 6.04 Å². The highest BCUT2D eigenvalue weighted by atomic mass is 15.2. The molecule has 0 radical (unpaired) electrons. The molecule has 2 nitrogen and oxygen atoms in total. The third-order valence-corrected chi connectivity index (χ3v) is 13.8. The molecule has 2 unspecified atom stereocenters. The molecule has 1 aromatic carbocycles. The van der Waals surface area contributed by atoms with Gasteiger partial charge in [-0.3, -0.25) is 4.90 Å². The molecule has 0 aliphatic heterocycles. The highest BCUT2D eigenvalue weighted by Gasteiger charge is 2.38. The number of rotatable bonds is 9. The molecule has 4 atom stereocenters. The van der Waals surface area contributed by atoms with E-state index in [4.69, 9.17) is 0 Å². The summed E-state index contributed by atoms with van der Waals surface area (Å²) in [7, 11) is 0. The van der Waals surface area contributed by atoms with Crippen molar-refractivity contribution in [1.82, 2.24) is 4.90 Å². The molecule has 8 rings (SSSR count). The molecule has 0 bridgehead atoms. The van der Waals surface area contributed by atoms with Gasteiger partial charge in [0.15, 0.2) is 0 Å². The first-order valence-corrected chi connectivity index (χ1v) is 20.7. The van der Waals surface area contributed by atoms with Crippen molar-refractivity contribution in [2.24, 2.45) is 23.7 Å². The van der Waals surface area contributed by atoms with Crippen LogP contribution in [-0.2, 0) is 0 Å². The first-order chi connectivity index (χ1) is 24.3. The molecular weight excluding hydrogens is 593 g/mol. The Morgan fingerprint density at radius 3 is 2.18 bits per heavy atom. The molecule has 2 heteroatoms. The summed E-state index contributed by atoms with van der Waals surface area (Å²) in [4.78, 5) is 5.83. The summed E-state index contributed by atoms with van der Waals surface area (Å²) < 4.78 is 0. The SMILES string of the molecule is C1=CC(N(C2CCC(C3C=CCCC3)CC2)C2CC=C[C@H](C3=CC=C[C@@H](N(c4ccccc4)C4CCC(C5=CCCCC5)CC4)C3)C2)C=C1. The summed E-state index contributed by atoms with van der Waals surface area (Å²) >= 11 is 0. The Hall–Kier alpha value is -2.84. The van der Waals surface area contributed by atoms with Crippen molar-refractivity contribution in [2.75, 3.05) is 4.90 Å². The molecule has 0 saturated heterocycles. The van der Waals surface area contributed by atoms with Crippen molar-refractivity contribution in [3.8, 4) is 0 Å². The Morgan fingerprint density at radius 1 is 0.612 bits per heavy atom. The van der Waals surface area contributed by atoms with Crippen LogP contribution in [0.25, 0.3) is 0 Å². The summed E-state index contributed by atoms with van der Waals surface area (Å²) in [6.45, 7) is 0. The Bertz CT molecular complexity index is 1430. The molecule has 0 amide bonds. The Labute approximate surface area is 298 Å². The van der Waals surface area contributed by atoms with Gasteiger partial charge in [-0.25, -0.2) is 0 Å². The van der Waals surface area contributed by atoms with Crippen LogP contribution in [0, 0.1) is 23.7 Å². The molecular formula is C47H62N2. The molecule has 260 valence electrons. The standard InChI is InChI=1S/C47H62N2/c1-4-14-36(15-5-1)38-26-30-44(31-27-38)48(42-20-8-3-9-21-42)46-24-12-18-40(34-46)41-19-13-25-47(35-41)49(43-22-10-11-23-43)45-32-28-39(29-33-45)37-16-6-2-7-17-37/h3,6,8-14,16,18-24,37-39,41,43-47H,1-2,4-5,7,15,17,25-35H2/t37?,38?,39?,41-,44?,45?,46+,47?/m0/s1. The van der Waals surface area contributed by atoms with Gasteiger partial charge in [-0.1, -0.05) is 102 Å². The number of nitrogens with zero attached hydrogens (tertiary/aromatic N) is 2. The van der Waals surface area contributed by atoms with E-state index in [2.05, 4.69) is 113 Å². The van der Waals surface area contributed by atoms with Crippen LogP contribution >= 0.6 is 0 Å². The summed E-state index contributed by atoms with van der Waals surface area (Å²) in [5, 5.41) is 0. The second-order valence-electron chi connectivity index (χ2n) is 16.6. The van der Waals surface area contributed by atoms with E-state index < -0.39 is 0 Å². The first-order valence-electron chi connectivity index (χ1n) is 20.7. The van der Waals surface area contributed by atoms with Crippen LogP contribution in [0.4, 0.5) is 5.69 Å². The van der Waals surface area contributed by atoms with E-state index in [1.54, 1.807) is 11.1 Å². The lowest BCUT2D eigenvalue weighted by Crippen LogP contribution is -2.50. The predicted molar refractivity (Wildman–Crippen MR) is 209 cm³/mol. The van der Waals surface area contributed by atoms with Gasteiger partial charge in [-0.2, -0.15) is 0 Å². The van der Waals surface area contributed by atoms with Crippen LogP contribution in [0.2, 0.25) is 0 Å². The number of hydrogen-bond donors (Lipinski definition) is 0. The van der Waals surface area contributed by atoms with E-state index in [1.165, 1.54) is 115 Å². The third kappa shape index (κ3) is 7.75. The van der Waals surface area contributed by atoms with Gasteiger partial charge in [0.25, 0.3) is 0 Å². The largest absolute Gasteiger partial charge is 0.362 e. The summed E-state index contributed by atoms with van der Waals surface area (Å²) in [6.07, 6.45) is 53.9. The van der Waals surface area contributed by atoms with Crippen LogP contribution in [0.3, 0.4) is 0 Å². The van der Waals surface area contributed by atoms with Crippen molar-refractivity contribution in [3.63, 3.8) is 0 Å². The zero-order valence-electron chi connectivity index (χ0n) is 30.1. The average molecular weight is 655 g/mol. The topological polar surface area (TPSA) is 6.48 Å². The monoisotopic (exact) mass is 654 g/mol. The minimum absolute atomic E-state index is 0.438. The fourth-order valence-electron chi connectivity index (χ4n) is 11.2. The molecule has 2 fully saturated rings. The van der Waals surface area contributed by atoms with Crippen molar-refractivity contribution in [3.05, 3.63) is 114 Å². The zero-order chi connectivity index (χ0) is 32.8. The molecule has 49 heavy (non-hydrogen) atoms. The van der Waals surface area contributed by atoms with Crippen molar-refractivity contribution >= 4 is 5.69 Å². The fraction of sp³-hybridized carbons (Fsp3) is 0.574. The maximum Gasteiger partial charge on any atom is 0.0516 e. The van der Waals surface area contributed by atoms with Crippen LogP contribution in [0.5, 0.6) is 0 Å². The van der Waals surface area contributed by atoms with Gasteiger partial charge < -0.3 is 4.90 Å². The molecule has 0 spiro atoms. The molecule has 7 aliphatic carbocycles. The van der Waals surface area contributed by atoms with Crippen LogP contribution < -0.4 is 4.90 Å². The Balaban J connectivity index is 0.948. The Morgan fingerprint density at radius 2 is 1.43 bits per heavy atom. The quantitative estimate of drug-likeness (QED) is 0.245. The third-order valence-electron chi connectivity index (χ3n) is 13.8. The van der Waals surface area contributed by atoms with Crippen molar-refractivity contribution in [1.29, 1.82) is 0 Å². The molecule has 1 aromatic rings. The van der Waals surface area contributed by atoms with Gasteiger partial charge in [-0.15, -0.1) is 0 Å². The van der Waals surface area contributed by atoms with E-state index in [9.17, 15) is 0 Å². The molecule has 7 aliphatic rings. The average Bonchev–Trinajstić information content (AvgIpc) is 3.72. The van der Waals surface area contributed by atoms with E-state index in [0.29, 0.717) is 36.1 Å². The van der Waals surface area contributed by atoms with Gasteiger partial charge in [0, 0.05) is 29.9 Å². The lowest BCUT2D eigenvalue weighted by atomic mass is 9.73. The number of hydrogen-bond acceptors (Lipinski definition) is 2. The van der Waals surface area contributed by atoms with Crippen molar-refractivity contribution in [2.45, 2.75) is 146 Å². The molecule has 0 N–H and O–H groups in total. The number of allylic oxidation sites excluding steroid dienone is 9. The second kappa shape index (κ2) is 16.0. The predicted octanol–water partition coefficient (Wildman–Crippen LogP) is 11.9. The Kier molecular flexibility index (Phi) is 10.9. The van der Waals surface area contributed by atoms with Crippen LogP contribution in [-0.4, -0.2) is 35.1 Å². The number of benzene rings is 1. The number of para-hydroxylation sites is 1. The normalized spacial score (nSPS) is 35.0. The smallest absolute Gasteiger partial charge is 0.0516 e. The van der Waals surface area contributed by atoms with Crippen LogP contribution in [0.15, 0.2) is 114 Å². The van der Waals surface area contributed by atoms with E-state index in [0.717, 1.165) is 24.2 Å². The lowest BCUT2D eigenvalue weighted by molar-refractivity contribution is 0.0639. The maximum atomic E-state index is 2.98. The van der Waals surface area contributed by atoms with E-state index >= 15 is 0 Å². The van der Waals surface area contributed by atoms with Gasteiger partial charge in [0.2, 0.25) is 0 Å². The highest BCUT2D eigenvalue weighted by molar-refractivity contribution is 5.51. The minimum Gasteiger partial charge on any atom is -0.362 e. The zero-order valence-corrected chi connectivity index (χ0v) is 30.1. The van der Waals surface area contributed by atoms with Crippen molar-refractivity contribution < 1.29 is 0 Å². The highest BCUT2D eigenvalue weighted by Crippen LogP contribution is 2.43.